The molecule has 0 fully saturated rings. The van der Waals surface area contributed by atoms with E-state index >= 15 is 0 Å². The molecule has 46 heavy (non-hydrogen) atoms. The number of rotatable bonds is 20. The normalized spacial score (nSPS) is 12.1. The molecule has 2 unspecified atom stereocenters. The van der Waals surface area contributed by atoms with Gasteiger partial charge in [-0.2, -0.15) is 0 Å². The van der Waals surface area contributed by atoms with Crippen LogP contribution in [0, 0.1) is 39.9 Å². The summed E-state index contributed by atoms with van der Waals surface area (Å²) < 4.78 is 11.6. The summed E-state index contributed by atoms with van der Waals surface area (Å²) >= 11 is 0. The first-order valence-corrected chi connectivity index (χ1v) is 14.6. The summed E-state index contributed by atoms with van der Waals surface area (Å²) in [4.78, 5) is 73.0. The van der Waals surface area contributed by atoms with Crippen LogP contribution in [0.2, 0.25) is 0 Å². The average molecular weight is 830 g/mol. The van der Waals surface area contributed by atoms with Crippen molar-refractivity contribution in [1.82, 2.24) is 14.7 Å². The van der Waals surface area contributed by atoms with Crippen molar-refractivity contribution < 1.29 is 183 Å². The Labute approximate surface area is 366 Å². The Morgan fingerprint density at radius 2 is 0.935 bits per heavy atom. The van der Waals surface area contributed by atoms with Gasteiger partial charge in [0.25, 0.3) is 0 Å². The quantitative estimate of drug-likeness (QED) is 0.0892. The Bertz CT molecular complexity index is 1170. The fourth-order valence-corrected chi connectivity index (χ4v) is 5.23. The molecule has 0 aromatic heterocycles. The van der Waals surface area contributed by atoms with E-state index in [0.29, 0.717) is 11.1 Å². The van der Waals surface area contributed by atoms with Crippen molar-refractivity contribution >= 4 is 31.5 Å². The van der Waals surface area contributed by atoms with Crippen molar-refractivity contribution in [3.63, 3.8) is 0 Å². The van der Waals surface area contributed by atoms with Gasteiger partial charge in [-0.3, -0.25) is 14.7 Å². The minimum absolute atomic E-state index is 0. The topological polar surface area (TPSA) is 233 Å². The maximum absolute atomic E-state index is 12.0. The van der Waals surface area contributed by atoms with Gasteiger partial charge in [-0.25, -0.2) is 0 Å². The van der Waals surface area contributed by atoms with E-state index in [-0.39, 0.29) is 168 Å². The number of aliphatic carboxylic acids is 4. The molecule has 0 aliphatic heterocycles. The number of hydrogen-bond donors (Lipinski definition) is 0. The van der Waals surface area contributed by atoms with Crippen LogP contribution in [0.5, 0.6) is 0 Å². The molecule has 0 saturated heterocycles. The fourth-order valence-electron chi connectivity index (χ4n) is 4.46. The number of carboxylic acid groups (broad SMARTS) is 4. The number of benzene rings is 2. The summed E-state index contributed by atoms with van der Waals surface area (Å²) in [6.07, 6.45) is -1.37. The molecule has 2 aromatic rings. The molecular weight excluding hydrogens is 800 g/mol. The first-order valence-electron chi connectivity index (χ1n) is 12.9. The zero-order valence-corrected chi connectivity index (χ0v) is 35.1. The van der Waals surface area contributed by atoms with E-state index in [0.717, 1.165) is 14.7 Å². The SMILES string of the molecule is O=C([O-])CN(CCN(CCN(CC(=O)[O-])C(Cc1ccccc1)C(=O)[O-])CP(=O)([O-])[O-])C(Cc1ccccc1)C(=O)[O-].[Gd+3].[Na+].[Na+].[Na+]. The van der Waals surface area contributed by atoms with E-state index in [9.17, 15) is 54.0 Å². The molecule has 0 bridgehead atoms. The van der Waals surface area contributed by atoms with Crippen LogP contribution >= 0.6 is 7.60 Å². The molecule has 0 aliphatic rings. The van der Waals surface area contributed by atoms with Gasteiger partial charge in [-0.05, 0) is 24.0 Å². The number of carboxylic acids is 4. The van der Waals surface area contributed by atoms with Gasteiger partial charge in [0.2, 0.25) is 0 Å². The number of hydrogen-bond acceptors (Lipinski definition) is 14. The molecule has 1 radical (unpaired) electrons. The van der Waals surface area contributed by atoms with Gasteiger partial charge in [0.1, 0.15) is 0 Å². The molecule has 0 heterocycles. The largest absolute Gasteiger partial charge is 3.00 e. The number of nitrogens with zero attached hydrogens (tertiary/aromatic N) is 3. The summed E-state index contributed by atoms with van der Waals surface area (Å²) in [6, 6.07) is 13.6. The molecule has 0 saturated carbocycles. The van der Waals surface area contributed by atoms with Gasteiger partial charge >= 0.3 is 129 Å². The summed E-state index contributed by atoms with van der Waals surface area (Å²) in [6.45, 7) is -3.15. The third kappa shape index (κ3) is 21.0. The first kappa shape index (κ1) is 51.0. The Hall–Kier alpha value is 0.675. The van der Waals surface area contributed by atoms with Crippen molar-refractivity contribution in [3.05, 3.63) is 71.8 Å². The van der Waals surface area contributed by atoms with E-state index < -0.39 is 62.9 Å². The van der Waals surface area contributed by atoms with Crippen LogP contribution in [0.15, 0.2) is 60.7 Å². The van der Waals surface area contributed by atoms with Crippen LogP contribution < -0.4 is 119 Å². The zero-order valence-electron chi connectivity index (χ0n) is 25.9. The van der Waals surface area contributed by atoms with E-state index in [1.807, 2.05) is 0 Å². The molecule has 0 aliphatic carbocycles. The predicted octanol–water partition coefficient (Wildman–Crippen LogP) is -15.0. The molecule has 2 atom stereocenters. The summed E-state index contributed by atoms with van der Waals surface area (Å²) in [5.41, 5.74) is 1.11. The van der Waals surface area contributed by atoms with Gasteiger partial charge in [0.05, 0.1) is 36.0 Å². The maximum atomic E-state index is 12.0. The molecular formula is C27H30GdN3Na3O11P. The van der Waals surface area contributed by atoms with E-state index in [1.165, 1.54) is 0 Å². The van der Waals surface area contributed by atoms with Gasteiger partial charge in [0, 0.05) is 45.6 Å². The number of carbonyl (C=O) groups excluding carboxylic acids is 4. The minimum atomic E-state index is -5.22. The number of carbonyl (C=O) groups is 4. The molecule has 235 valence electrons. The smallest absolute Gasteiger partial charge is 0.810 e. The Morgan fingerprint density at radius 1 is 0.609 bits per heavy atom. The predicted molar refractivity (Wildman–Crippen MR) is 135 cm³/mol. The second-order valence-electron chi connectivity index (χ2n) is 9.60. The Kier molecular flexibility index (Phi) is 29.4. The standard InChI is InChI=1S/C27H36N3O11P.Gd.3Na/c31-24(32)17-29(22(26(35)36)15-20-7-3-1-4-8-20)13-11-28(19-42(39,40)41)12-14-30(18-25(33)34)23(27(37)38)16-21-9-5-2-6-10-21;;;;/h1-10,22-23H,11-19H2,(H,31,32)(H,33,34)(H,35,36)(H,37,38)(H2,39,40,41);;;;/q;+3;3*+1/p-6. The van der Waals surface area contributed by atoms with E-state index in [2.05, 4.69) is 0 Å². The second-order valence-corrected chi connectivity index (χ2v) is 11.1. The summed E-state index contributed by atoms with van der Waals surface area (Å²) in [7, 11) is -5.22. The second kappa shape index (κ2) is 26.5. The molecule has 14 nitrogen and oxygen atoms in total. The van der Waals surface area contributed by atoms with Crippen molar-refractivity contribution in [2.24, 2.45) is 0 Å². The van der Waals surface area contributed by atoms with Gasteiger partial charge < -0.3 is 54.0 Å². The van der Waals surface area contributed by atoms with Gasteiger partial charge in [-0.1, -0.05) is 68.3 Å². The van der Waals surface area contributed by atoms with Crippen LogP contribution in [0.4, 0.5) is 0 Å². The molecule has 2 rings (SSSR count). The van der Waals surface area contributed by atoms with Crippen LogP contribution in [0.25, 0.3) is 0 Å². The van der Waals surface area contributed by atoms with Gasteiger partial charge in [0.15, 0.2) is 0 Å². The van der Waals surface area contributed by atoms with E-state index in [1.54, 1.807) is 60.7 Å². The molecule has 2 aromatic carbocycles. The van der Waals surface area contributed by atoms with Crippen molar-refractivity contribution in [2.45, 2.75) is 24.9 Å². The molecule has 19 heteroatoms. The van der Waals surface area contributed by atoms with Gasteiger partial charge in [-0.15, -0.1) is 0 Å². The van der Waals surface area contributed by atoms with Crippen molar-refractivity contribution in [2.75, 3.05) is 45.6 Å². The van der Waals surface area contributed by atoms with Crippen molar-refractivity contribution in [1.29, 1.82) is 0 Å². The fraction of sp³-hybridized carbons (Fsp3) is 0.407. The maximum Gasteiger partial charge on any atom is 3.00 e. The molecule has 0 spiro atoms. The Morgan fingerprint density at radius 3 is 1.20 bits per heavy atom. The molecule has 0 amide bonds. The zero-order chi connectivity index (χ0) is 31.3. The van der Waals surface area contributed by atoms with Crippen LogP contribution in [-0.4, -0.2) is 96.2 Å². The Balaban J connectivity index is -0.00000462. The average Bonchev–Trinajstić information content (AvgIpc) is 2.90. The minimum Gasteiger partial charge on any atom is -0.810 e. The third-order valence-corrected chi connectivity index (χ3v) is 7.16. The van der Waals surface area contributed by atoms with Crippen LogP contribution in [0.1, 0.15) is 11.1 Å². The van der Waals surface area contributed by atoms with Crippen molar-refractivity contribution in [3.8, 4) is 0 Å². The van der Waals surface area contributed by atoms with Crippen LogP contribution in [0.3, 0.4) is 0 Å². The van der Waals surface area contributed by atoms with E-state index in [4.69, 9.17) is 0 Å². The monoisotopic (exact) mass is 830 g/mol. The first-order chi connectivity index (χ1) is 19.7. The van der Waals surface area contributed by atoms with Crippen LogP contribution in [-0.2, 0) is 36.6 Å². The third-order valence-electron chi connectivity index (χ3n) is 6.41. The summed E-state index contributed by atoms with van der Waals surface area (Å²) in [5, 5.41) is 46.7. The molecule has 0 N–H and O–H groups in total. The summed E-state index contributed by atoms with van der Waals surface area (Å²) in [5.74, 6) is -6.42.